The number of amidine groups is 1. The van der Waals surface area contributed by atoms with Crippen molar-refractivity contribution in [3.63, 3.8) is 0 Å². The third-order valence-corrected chi connectivity index (χ3v) is 7.76. The van der Waals surface area contributed by atoms with E-state index in [4.69, 9.17) is 21.3 Å². The van der Waals surface area contributed by atoms with E-state index < -0.39 is 0 Å². The van der Waals surface area contributed by atoms with Gasteiger partial charge in [-0.3, -0.25) is 10.2 Å². The van der Waals surface area contributed by atoms with Gasteiger partial charge in [0.15, 0.2) is 0 Å². The molecule has 0 spiro atoms. The minimum atomic E-state index is -0.319. The Morgan fingerprint density at radius 2 is 1.93 bits per heavy atom. The lowest BCUT2D eigenvalue weighted by Gasteiger charge is -2.39. The van der Waals surface area contributed by atoms with Gasteiger partial charge in [0.1, 0.15) is 18.4 Å². The number of hydrogen-bond donors (Lipinski definition) is 2. The monoisotopic (exact) mass is 591 g/mol. The van der Waals surface area contributed by atoms with Crippen molar-refractivity contribution in [1.29, 1.82) is 5.26 Å². The van der Waals surface area contributed by atoms with E-state index in [1.165, 1.54) is 0 Å². The summed E-state index contributed by atoms with van der Waals surface area (Å²) in [6.07, 6.45) is 10.3. The highest BCUT2D eigenvalue weighted by Gasteiger charge is 2.29. The van der Waals surface area contributed by atoms with Crippen LogP contribution in [0.1, 0.15) is 81.7 Å². The normalized spacial score (nSPS) is 15.2. The number of alkyl halides is 1. The highest BCUT2D eigenvalue weighted by molar-refractivity contribution is 6.18. The molecule has 3 rings (SSSR count). The van der Waals surface area contributed by atoms with Crippen LogP contribution in [-0.4, -0.2) is 59.9 Å². The number of aryl methyl sites for hydroxylation is 1. The fourth-order valence-electron chi connectivity index (χ4n) is 4.99. The van der Waals surface area contributed by atoms with Crippen molar-refractivity contribution in [2.75, 3.05) is 32.6 Å². The van der Waals surface area contributed by atoms with Gasteiger partial charge in [0.25, 0.3) is 0 Å². The summed E-state index contributed by atoms with van der Waals surface area (Å²) in [6.45, 7) is 12.4. The predicted molar refractivity (Wildman–Crippen MR) is 173 cm³/mol. The van der Waals surface area contributed by atoms with Gasteiger partial charge in [0, 0.05) is 31.8 Å². The fraction of sp³-hybridized carbons (Fsp3) is 0.471. The summed E-state index contributed by atoms with van der Waals surface area (Å²) < 4.78 is 5.91. The molecule has 226 valence electrons. The van der Waals surface area contributed by atoms with E-state index in [1.54, 1.807) is 7.05 Å². The average Bonchev–Trinajstić information content (AvgIpc) is 2.95. The molecule has 0 radical (unpaired) electrons. The van der Waals surface area contributed by atoms with Gasteiger partial charge in [-0.25, -0.2) is 5.01 Å². The van der Waals surface area contributed by atoms with Crippen LogP contribution in [0, 0.1) is 11.3 Å². The van der Waals surface area contributed by atoms with Gasteiger partial charge < -0.3 is 10.1 Å². The molecule has 1 aliphatic rings. The molecule has 0 unspecified atom stereocenters. The number of nitriles is 1. The van der Waals surface area contributed by atoms with Crippen LogP contribution in [0.2, 0.25) is 0 Å². The van der Waals surface area contributed by atoms with Gasteiger partial charge in [-0.2, -0.15) is 5.26 Å². The molecule has 7 nitrogen and oxygen atoms in total. The predicted octanol–water partition coefficient (Wildman–Crippen LogP) is 7.08. The SMILES string of the molecule is CCC/C=C/C(=C\NC(C)=NC1CN(N(C)O)C1)c1ccc(C(C)(C)c2cc(C#N)c(OCCCl)c(CCC)c2)cc1. The lowest BCUT2D eigenvalue weighted by molar-refractivity contribution is -0.253. The number of hydroxylamine groups is 1. The first-order valence-electron chi connectivity index (χ1n) is 14.9. The van der Waals surface area contributed by atoms with Gasteiger partial charge in [0.2, 0.25) is 0 Å². The Hall–Kier alpha value is -3.15. The summed E-state index contributed by atoms with van der Waals surface area (Å²) in [7, 11) is 1.62. The van der Waals surface area contributed by atoms with Crippen LogP contribution in [0.25, 0.3) is 5.57 Å². The Labute approximate surface area is 257 Å². The average molecular weight is 592 g/mol. The number of ether oxygens (including phenoxy) is 1. The van der Waals surface area contributed by atoms with Crippen LogP contribution in [0.5, 0.6) is 5.75 Å². The minimum Gasteiger partial charge on any atom is -0.491 e. The van der Waals surface area contributed by atoms with Gasteiger partial charge in [-0.1, -0.05) is 83.0 Å². The second-order valence-corrected chi connectivity index (χ2v) is 11.7. The first kappa shape index (κ1) is 33.4. The maximum atomic E-state index is 9.94. The molecule has 8 heteroatoms. The molecule has 1 heterocycles. The lowest BCUT2D eigenvalue weighted by Crippen LogP contribution is -2.56. The van der Waals surface area contributed by atoms with Crippen LogP contribution >= 0.6 is 11.6 Å². The first-order chi connectivity index (χ1) is 20.1. The number of benzene rings is 2. The van der Waals surface area contributed by atoms with Gasteiger partial charge >= 0.3 is 0 Å². The van der Waals surface area contributed by atoms with Gasteiger partial charge in [-0.15, -0.1) is 16.8 Å². The molecule has 2 N–H and O–H groups in total. The standard InChI is InChI=1S/C34H46ClN5O2/c1-7-9-10-12-28(22-37-25(3)38-32-23-40(24-32)39(6)41)26-13-15-30(16-14-26)34(4,5)31-19-27(11-8-2)33(42-18-17-35)29(20-31)21-36/h10,12-16,19-20,22,32,41H,7-9,11,17-18,23-24H2,1-6H3,(H,37,38)/b12-10+,28-22+. The van der Waals surface area contributed by atoms with Crippen molar-refractivity contribution in [2.24, 2.45) is 4.99 Å². The van der Waals surface area contributed by atoms with E-state index in [2.05, 4.69) is 81.6 Å². The fourth-order valence-corrected chi connectivity index (χ4v) is 5.07. The molecular weight excluding hydrogens is 546 g/mol. The maximum Gasteiger partial charge on any atom is 0.140 e. The first-order valence-corrected chi connectivity index (χ1v) is 15.4. The Morgan fingerprint density at radius 1 is 1.21 bits per heavy atom. The number of hydrazine groups is 1. The molecule has 0 aliphatic carbocycles. The molecule has 0 saturated carbocycles. The van der Waals surface area contributed by atoms with E-state index in [9.17, 15) is 10.5 Å². The Kier molecular flexibility index (Phi) is 12.6. The minimum absolute atomic E-state index is 0.168. The summed E-state index contributed by atoms with van der Waals surface area (Å²) >= 11 is 5.87. The van der Waals surface area contributed by atoms with Crippen LogP contribution in [0.3, 0.4) is 0 Å². The second-order valence-electron chi connectivity index (χ2n) is 11.3. The second kappa shape index (κ2) is 15.9. The smallest absolute Gasteiger partial charge is 0.140 e. The van der Waals surface area contributed by atoms with Crippen molar-refractivity contribution in [3.8, 4) is 11.8 Å². The van der Waals surface area contributed by atoms with Crippen molar-refractivity contribution in [2.45, 2.75) is 71.8 Å². The molecule has 2 aromatic carbocycles. The highest BCUT2D eigenvalue weighted by Crippen LogP contribution is 2.37. The van der Waals surface area contributed by atoms with E-state index >= 15 is 0 Å². The zero-order chi connectivity index (χ0) is 30.7. The Bertz CT molecular complexity index is 1300. The number of nitrogens with one attached hydrogen (secondary N) is 1. The number of allylic oxidation sites excluding steroid dienone is 3. The molecule has 2 aromatic rings. The van der Waals surface area contributed by atoms with Crippen LogP contribution < -0.4 is 10.1 Å². The molecule has 1 saturated heterocycles. The number of hydrogen-bond acceptors (Lipinski definition) is 6. The zero-order valence-corrected chi connectivity index (χ0v) is 26.7. The van der Waals surface area contributed by atoms with Crippen LogP contribution in [0.15, 0.2) is 59.7 Å². The summed E-state index contributed by atoms with van der Waals surface area (Å²) in [5.41, 5.74) is 5.71. The van der Waals surface area contributed by atoms with Crippen molar-refractivity contribution >= 4 is 23.0 Å². The van der Waals surface area contributed by atoms with E-state index in [1.807, 2.05) is 24.2 Å². The third kappa shape index (κ3) is 8.68. The molecular formula is C34H46ClN5O2. The molecule has 42 heavy (non-hydrogen) atoms. The largest absolute Gasteiger partial charge is 0.491 e. The number of aliphatic imine (C=N–C) groups is 1. The summed E-state index contributed by atoms with van der Waals surface area (Å²) in [5.74, 6) is 1.88. The van der Waals surface area contributed by atoms with E-state index in [0.717, 1.165) is 64.5 Å². The quantitative estimate of drug-likeness (QED) is 0.0803. The van der Waals surface area contributed by atoms with E-state index in [-0.39, 0.29) is 11.5 Å². The number of unbranched alkanes of at least 4 members (excludes halogenated alkanes) is 1. The van der Waals surface area contributed by atoms with Gasteiger partial charge in [0.05, 0.1) is 23.3 Å². The molecule has 0 bridgehead atoms. The molecule has 0 aromatic heterocycles. The number of nitrogens with zero attached hydrogens (tertiary/aromatic N) is 4. The Morgan fingerprint density at radius 3 is 2.52 bits per heavy atom. The topological polar surface area (TPSA) is 84.1 Å². The molecule has 0 amide bonds. The summed E-state index contributed by atoms with van der Waals surface area (Å²) in [5, 5.41) is 25.8. The maximum absolute atomic E-state index is 9.94. The lowest BCUT2D eigenvalue weighted by atomic mass is 9.76. The highest BCUT2D eigenvalue weighted by atomic mass is 35.5. The Balaban J connectivity index is 1.87. The molecule has 1 fully saturated rings. The van der Waals surface area contributed by atoms with Crippen LogP contribution in [0.4, 0.5) is 0 Å². The summed E-state index contributed by atoms with van der Waals surface area (Å²) in [4.78, 5) is 4.73. The zero-order valence-electron chi connectivity index (χ0n) is 26.0. The third-order valence-electron chi connectivity index (χ3n) is 7.61. The van der Waals surface area contributed by atoms with Crippen molar-refractivity contribution < 1.29 is 9.94 Å². The van der Waals surface area contributed by atoms with Gasteiger partial charge in [-0.05, 0) is 53.7 Å². The van der Waals surface area contributed by atoms with Crippen molar-refractivity contribution in [3.05, 3.63) is 82.6 Å². The van der Waals surface area contributed by atoms with Crippen molar-refractivity contribution in [1.82, 2.24) is 15.5 Å². The molecule has 0 atom stereocenters. The van der Waals surface area contributed by atoms with E-state index in [0.29, 0.717) is 36.9 Å². The number of halogens is 1. The van der Waals surface area contributed by atoms with Crippen LogP contribution in [-0.2, 0) is 11.8 Å². The number of rotatable bonds is 14. The molecule has 1 aliphatic heterocycles. The summed E-state index contributed by atoms with van der Waals surface area (Å²) in [6, 6.07) is 15.3.